The van der Waals surface area contributed by atoms with Crippen LogP contribution in [0.3, 0.4) is 0 Å². The van der Waals surface area contributed by atoms with Crippen molar-refractivity contribution >= 4 is 13.5 Å². The summed E-state index contributed by atoms with van der Waals surface area (Å²) >= 11 is 0. The third-order valence-electron chi connectivity index (χ3n) is 4.11. The normalized spacial score (nSPS) is 23.4. The van der Waals surface area contributed by atoms with Crippen molar-refractivity contribution in [3.8, 4) is 0 Å². The molecule has 0 saturated heterocycles. The smallest absolute Gasteiger partial charge is 0.0312 e. The number of hydrogen-bond acceptors (Lipinski definition) is 1. The molecule has 5 radical (unpaired) electrons. The molecule has 1 atom stereocenters. The van der Waals surface area contributed by atoms with Crippen molar-refractivity contribution in [3.05, 3.63) is 74.6 Å². The van der Waals surface area contributed by atoms with Crippen molar-refractivity contribution in [2.45, 2.75) is 25.2 Å². The Morgan fingerprint density at radius 2 is 1.43 bits per heavy atom. The first kappa shape index (κ1) is 27.4. The van der Waals surface area contributed by atoms with Gasteiger partial charge >= 0.3 is 52.5 Å². The van der Waals surface area contributed by atoms with Crippen LogP contribution in [0.25, 0.3) is 0 Å². The molecule has 9 heteroatoms. The van der Waals surface area contributed by atoms with E-state index in [2.05, 4.69) is 49.7 Å². The number of rotatable bonds is 2. The minimum absolute atomic E-state index is 0. The Balaban J connectivity index is 0.000000468. The maximum Gasteiger partial charge on any atom is 2.00 e. The zero-order valence-electron chi connectivity index (χ0n) is 15.6. The summed E-state index contributed by atoms with van der Waals surface area (Å²) in [6, 6.07) is 8.73. The zero-order chi connectivity index (χ0) is 20.8. The summed E-state index contributed by atoms with van der Waals surface area (Å²) in [4.78, 5) is 2.35. The molecule has 0 N–H and O–H groups in total. The van der Waals surface area contributed by atoms with Crippen LogP contribution in [0, 0.1) is 32.1 Å². The summed E-state index contributed by atoms with van der Waals surface area (Å²) in [7, 11) is -8.48. The van der Waals surface area contributed by atoms with Gasteiger partial charge in [0.05, 0.1) is 0 Å². The van der Waals surface area contributed by atoms with Crippen LogP contribution in [-0.2, 0) is 24.9 Å². The molecule has 2 aliphatic rings. The van der Waals surface area contributed by atoms with Gasteiger partial charge in [-0.1, -0.05) is 31.2 Å². The number of anilines is 1. The van der Waals surface area contributed by atoms with E-state index in [9.17, 15) is 25.2 Å². The van der Waals surface area contributed by atoms with E-state index in [4.69, 9.17) is 0 Å². The summed E-state index contributed by atoms with van der Waals surface area (Å²) in [6.45, 7) is 7.37. The zero-order valence-corrected chi connectivity index (χ0v) is 18.3. The van der Waals surface area contributed by atoms with Crippen LogP contribution in [0.5, 0.6) is 0 Å². The van der Waals surface area contributed by atoms with Crippen molar-refractivity contribution in [2.75, 3.05) is 18.5 Å². The Labute approximate surface area is 176 Å². The molecule has 1 heterocycles. The van der Waals surface area contributed by atoms with Crippen LogP contribution in [0.15, 0.2) is 36.9 Å². The summed E-state index contributed by atoms with van der Waals surface area (Å²) in [5.41, 5.74) is 3.14. The van der Waals surface area contributed by atoms with Gasteiger partial charge in [0.1, 0.15) is 0 Å². The molecular formula is C19H24F6NPRu+. The second-order valence-electron chi connectivity index (χ2n) is 6.66. The second kappa shape index (κ2) is 9.47. The fourth-order valence-corrected chi connectivity index (χ4v) is 2.84. The van der Waals surface area contributed by atoms with Gasteiger partial charge in [-0.3, -0.25) is 0 Å². The Bertz CT molecular complexity index is 611. The van der Waals surface area contributed by atoms with Crippen LogP contribution in [-0.4, -0.2) is 13.6 Å². The third kappa shape index (κ3) is 12.1. The van der Waals surface area contributed by atoms with Gasteiger partial charge in [-0.05, 0) is 62.0 Å². The molecule has 0 spiro atoms. The van der Waals surface area contributed by atoms with Crippen molar-refractivity contribution in [1.29, 1.82) is 0 Å². The molecule has 28 heavy (non-hydrogen) atoms. The van der Waals surface area contributed by atoms with Crippen LogP contribution >= 0.6 is 7.81 Å². The van der Waals surface area contributed by atoms with Gasteiger partial charge in [0.15, 0.2) is 0 Å². The van der Waals surface area contributed by atoms with Crippen molar-refractivity contribution in [3.63, 3.8) is 0 Å². The van der Waals surface area contributed by atoms with E-state index >= 15 is 0 Å². The number of fused-ring (bicyclic) bond motifs is 1. The fraction of sp³-hybridized carbons (Fsp3) is 0.316. The monoisotopic (exact) mass is 513 g/mol. The van der Waals surface area contributed by atoms with Crippen molar-refractivity contribution in [2.24, 2.45) is 0 Å². The Kier molecular flexibility index (Phi) is 9.26. The Morgan fingerprint density at radius 1 is 1.00 bits per heavy atom. The van der Waals surface area contributed by atoms with Crippen LogP contribution in [0.1, 0.15) is 25.3 Å². The van der Waals surface area contributed by atoms with Gasteiger partial charge in [0.25, 0.3) is 0 Å². The molecule has 1 aliphatic heterocycles. The molecule has 1 fully saturated rings. The molecule has 1 nitrogen and oxygen atoms in total. The van der Waals surface area contributed by atoms with E-state index in [0.29, 0.717) is 0 Å². The second-order valence-corrected chi connectivity index (χ2v) is 8.58. The SMILES string of the molecule is C=CCC1(C)CCN(C)c2ccccc21.F[P-](F)(F)(F)(F)F.[CH]1[CH][CH][CH][CH]1.[Ru+2]. The molecule has 1 aliphatic carbocycles. The number of para-hydroxylation sites is 1. The van der Waals surface area contributed by atoms with Crippen LogP contribution in [0.2, 0.25) is 0 Å². The largest absolute Gasteiger partial charge is 2.00 e. The molecule has 3 rings (SSSR count). The summed E-state index contributed by atoms with van der Waals surface area (Å²) in [5.74, 6) is 0. The van der Waals surface area contributed by atoms with Gasteiger partial charge in [-0.15, -0.1) is 6.58 Å². The molecule has 0 bridgehead atoms. The fourth-order valence-electron chi connectivity index (χ4n) is 2.84. The van der Waals surface area contributed by atoms with E-state index < -0.39 is 7.81 Å². The van der Waals surface area contributed by atoms with Crippen LogP contribution < -0.4 is 4.90 Å². The topological polar surface area (TPSA) is 3.24 Å². The first-order valence-corrected chi connectivity index (χ1v) is 10.3. The summed E-state index contributed by atoms with van der Waals surface area (Å²) in [5, 5.41) is 0. The molecule has 0 amide bonds. The predicted octanol–water partition coefficient (Wildman–Crippen LogP) is 7.76. The number of halogens is 6. The Hall–Kier alpha value is -0.607. The van der Waals surface area contributed by atoms with E-state index in [1.54, 1.807) is 0 Å². The van der Waals surface area contributed by atoms with E-state index in [1.165, 1.54) is 17.7 Å². The first-order valence-electron chi connectivity index (χ1n) is 8.27. The van der Waals surface area contributed by atoms with E-state index in [1.807, 2.05) is 38.2 Å². The number of nitrogens with zero attached hydrogens (tertiary/aromatic N) is 1. The minimum atomic E-state index is -10.7. The summed E-state index contributed by atoms with van der Waals surface area (Å²) < 4.78 is 59.2. The minimum Gasteiger partial charge on any atom is -0.0312 e. The van der Waals surface area contributed by atoms with Gasteiger partial charge < -0.3 is 4.90 Å². The number of hydrogen-bond donors (Lipinski definition) is 0. The maximum atomic E-state index is 9.87. The standard InChI is InChI=1S/C14H19N.C5H5.F6P.Ru/c1-4-9-14(2)10-11-15(3)13-8-6-5-7-12(13)14;1-2-4-5-3-1;1-7(2,3,4,5)6;/h4-8H,1,9-11H2,2-3H3;1-5H;;/q;;-1;+2. The predicted molar refractivity (Wildman–Crippen MR) is 102 cm³/mol. The molecule has 1 aromatic carbocycles. The van der Waals surface area contributed by atoms with Gasteiger partial charge in [-0.25, -0.2) is 0 Å². The van der Waals surface area contributed by atoms with Crippen LogP contribution in [0.4, 0.5) is 30.9 Å². The van der Waals surface area contributed by atoms with Crippen molar-refractivity contribution in [1.82, 2.24) is 0 Å². The third-order valence-corrected chi connectivity index (χ3v) is 4.11. The average Bonchev–Trinajstić information content (AvgIpc) is 3.09. The maximum absolute atomic E-state index is 10.7. The molecular weight excluding hydrogens is 488 g/mol. The van der Waals surface area contributed by atoms with E-state index in [0.717, 1.165) is 13.0 Å². The Morgan fingerprint density at radius 3 is 1.86 bits per heavy atom. The van der Waals surface area contributed by atoms with Crippen molar-refractivity contribution < 1.29 is 44.7 Å². The molecule has 1 aromatic rings. The number of allylic oxidation sites excluding steroid dienone is 1. The quantitative estimate of drug-likeness (QED) is 0.169. The van der Waals surface area contributed by atoms with Gasteiger partial charge in [-0.2, -0.15) is 0 Å². The van der Waals surface area contributed by atoms with E-state index in [-0.39, 0.29) is 24.9 Å². The van der Waals surface area contributed by atoms with Gasteiger partial charge in [0, 0.05) is 19.3 Å². The first-order chi connectivity index (χ1) is 12.1. The average molecular weight is 512 g/mol. The summed E-state index contributed by atoms with van der Waals surface area (Å²) in [6.07, 6.45) is 14.3. The molecule has 0 aromatic heterocycles. The van der Waals surface area contributed by atoms with Gasteiger partial charge in [0.2, 0.25) is 0 Å². The molecule has 159 valence electrons. The molecule has 1 saturated carbocycles. The number of benzene rings is 1. The molecule has 1 unspecified atom stereocenters.